The maximum absolute atomic E-state index is 12.5. The summed E-state index contributed by atoms with van der Waals surface area (Å²) in [5.41, 5.74) is 0.870. The molecule has 1 aromatic rings. The number of sulfone groups is 1. The molecule has 1 atom stereocenters. The normalized spacial score (nSPS) is 19.5. The molecule has 1 fully saturated rings. The van der Waals surface area contributed by atoms with Gasteiger partial charge in [0, 0.05) is 25.8 Å². The average Bonchev–Trinajstić information content (AvgIpc) is 2.93. The highest BCUT2D eigenvalue weighted by Crippen LogP contribution is 2.19. The van der Waals surface area contributed by atoms with E-state index in [1.807, 2.05) is 24.3 Å². The van der Waals surface area contributed by atoms with Crippen molar-refractivity contribution in [2.24, 2.45) is 0 Å². The van der Waals surface area contributed by atoms with Gasteiger partial charge < -0.3 is 14.4 Å². The summed E-state index contributed by atoms with van der Waals surface area (Å²) < 4.78 is 33.5. The van der Waals surface area contributed by atoms with Gasteiger partial charge in [-0.15, -0.1) is 0 Å². The summed E-state index contributed by atoms with van der Waals surface area (Å²) in [7, 11) is 0.105. The maximum Gasteiger partial charge on any atom is 0.246 e. The Morgan fingerprint density at radius 1 is 1.29 bits per heavy atom. The number of hydrogen-bond donors (Lipinski definition) is 0. The van der Waals surface area contributed by atoms with E-state index in [0.717, 1.165) is 11.3 Å². The summed E-state index contributed by atoms with van der Waals surface area (Å²) in [6.07, 6.45) is 3.67. The lowest BCUT2D eigenvalue weighted by atomic mass is 10.2. The first-order valence-corrected chi connectivity index (χ1v) is 9.59. The van der Waals surface area contributed by atoms with E-state index in [-0.39, 0.29) is 23.5 Å². The third kappa shape index (κ3) is 5.07. The van der Waals surface area contributed by atoms with Gasteiger partial charge in [-0.3, -0.25) is 4.79 Å². The van der Waals surface area contributed by atoms with E-state index >= 15 is 0 Å². The van der Waals surface area contributed by atoms with Crippen molar-refractivity contribution >= 4 is 21.8 Å². The minimum Gasteiger partial charge on any atom is -0.497 e. The quantitative estimate of drug-likeness (QED) is 0.692. The van der Waals surface area contributed by atoms with Gasteiger partial charge in [0.2, 0.25) is 5.91 Å². The van der Waals surface area contributed by atoms with Crippen LogP contribution in [-0.2, 0) is 19.4 Å². The Morgan fingerprint density at radius 3 is 2.54 bits per heavy atom. The molecule has 1 aliphatic rings. The summed E-state index contributed by atoms with van der Waals surface area (Å²) in [5.74, 6) is 0.705. The van der Waals surface area contributed by atoms with Crippen LogP contribution in [0.2, 0.25) is 0 Å². The van der Waals surface area contributed by atoms with Gasteiger partial charge in [0.25, 0.3) is 0 Å². The van der Waals surface area contributed by atoms with E-state index in [2.05, 4.69) is 0 Å². The van der Waals surface area contributed by atoms with Gasteiger partial charge in [-0.25, -0.2) is 8.42 Å². The Balaban J connectivity index is 2.07. The summed E-state index contributed by atoms with van der Waals surface area (Å²) in [6, 6.07) is 7.05. The fraction of sp³-hybridized carbons (Fsp3) is 0.471. The minimum absolute atomic E-state index is 0.0266. The van der Waals surface area contributed by atoms with Crippen LogP contribution in [0.15, 0.2) is 30.3 Å². The molecule has 7 heteroatoms. The number of rotatable bonds is 7. The van der Waals surface area contributed by atoms with E-state index in [1.165, 1.54) is 6.08 Å². The molecule has 0 aromatic heterocycles. The molecule has 132 valence electrons. The lowest BCUT2D eigenvalue weighted by Gasteiger charge is -2.26. The molecule has 0 N–H and O–H groups in total. The lowest BCUT2D eigenvalue weighted by Crippen LogP contribution is -2.42. The Hall–Kier alpha value is -1.86. The zero-order chi connectivity index (χ0) is 17.6. The Labute approximate surface area is 143 Å². The monoisotopic (exact) mass is 353 g/mol. The van der Waals surface area contributed by atoms with Gasteiger partial charge >= 0.3 is 0 Å². The predicted molar refractivity (Wildman–Crippen MR) is 92.7 cm³/mol. The standard InChI is InChI=1S/C17H23NO5S/c1-22-11-10-18(15-9-12-24(20,21)13-15)17(19)8-5-14-3-6-16(23-2)7-4-14/h3-8,15H,9-13H2,1-2H3/b8-5+. The molecule has 6 nitrogen and oxygen atoms in total. The molecule has 0 saturated carbocycles. The van der Waals surface area contributed by atoms with E-state index in [0.29, 0.717) is 19.6 Å². The van der Waals surface area contributed by atoms with Crippen LogP contribution in [0.25, 0.3) is 6.08 Å². The second-order valence-electron chi connectivity index (χ2n) is 5.69. The number of hydrogen-bond acceptors (Lipinski definition) is 5. The number of methoxy groups -OCH3 is 2. The van der Waals surface area contributed by atoms with Crippen LogP contribution in [0.1, 0.15) is 12.0 Å². The molecule has 0 spiro atoms. The van der Waals surface area contributed by atoms with Crippen LogP contribution < -0.4 is 4.74 Å². The number of ether oxygens (including phenoxy) is 2. The second kappa shape index (κ2) is 8.30. The summed E-state index contributed by atoms with van der Waals surface area (Å²) in [5, 5.41) is 0. The number of carbonyl (C=O) groups excluding carboxylic acids is 1. The third-order valence-electron chi connectivity index (χ3n) is 4.00. The van der Waals surface area contributed by atoms with Gasteiger partial charge in [0.1, 0.15) is 5.75 Å². The van der Waals surface area contributed by atoms with Crippen molar-refractivity contribution < 1.29 is 22.7 Å². The number of amides is 1. The second-order valence-corrected chi connectivity index (χ2v) is 7.92. The smallest absolute Gasteiger partial charge is 0.246 e. The molecule has 1 aromatic carbocycles. The molecule has 1 heterocycles. The largest absolute Gasteiger partial charge is 0.497 e. The number of nitrogens with zero attached hydrogens (tertiary/aromatic N) is 1. The molecule has 0 aliphatic carbocycles. The van der Waals surface area contributed by atoms with Crippen molar-refractivity contribution in [3.05, 3.63) is 35.9 Å². The Kier molecular flexibility index (Phi) is 6.39. The minimum atomic E-state index is -3.05. The van der Waals surface area contributed by atoms with Gasteiger partial charge in [0.05, 0.1) is 25.2 Å². The molecule has 1 saturated heterocycles. The molecular formula is C17H23NO5S. The first-order valence-electron chi connectivity index (χ1n) is 7.77. The predicted octanol–water partition coefficient (Wildman–Crippen LogP) is 1.37. The zero-order valence-electron chi connectivity index (χ0n) is 14.0. The highest BCUT2D eigenvalue weighted by Gasteiger charge is 2.33. The maximum atomic E-state index is 12.5. The van der Waals surface area contributed by atoms with E-state index in [4.69, 9.17) is 9.47 Å². The average molecular weight is 353 g/mol. The zero-order valence-corrected chi connectivity index (χ0v) is 14.8. The van der Waals surface area contributed by atoms with Crippen LogP contribution in [0.3, 0.4) is 0 Å². The SMILES string of the molecule is COCCN(C(=O)/C=C/c1ccc(OC)cc1)C1CCS(=O)(=O)C1. The fourth-order valence-electron chi connectivity index (χ4n) is 2.66. The highest BCUT2D eigenvalue weighted by molar-refractivity contribution is 7.91. The Bertz CT molecular complexity index is 681. The van der Waals surface area contributed by atoms with Crippen molar-refractivity contribution in [1.82, 2.24) is 4.90 Å². The molecule has 1 aliphatic heterocycles. The molecule has 1 unspecified atom stereocenters. The van der Waals surface area contributed by atoms with Crippen LogP contribution in [0.4, 0.5) is 0 Å². The van der Waals surface area contributed by atoms with Crippen molar-refractivity contribution in [3.8, 4) is 5.75 Å². The van der Waals surface area contributed by atoms with Crippen LogP contribution in [0.5, 0.6) is 5.75 Å². The van der Waals surface area contributed by atoms with Crippen LogP contribution in [-0.4, -0.2) is 64.1 Å². The van der Waals surface area contributed by atoms with Crippen LogP contribution in [0, 0.1) is 0 Å². The van der Waals surface area contributed by atoms with Gasteiger partial charge in [-0.05, 0) is 30.2 Å². The molecule has 2 rings (SSSR count). The number of benzene rings is 1. The van der Waals surface area contributed by atoms with E-state index in [9.17, 15) is 13.2 Å². The third-order valence-corrected chi connectivity index (χ3v) is 5.75. The lowest BCUT2D eigenvalue weighted by molar-refractivity contribution is -0.128. The first-order chi connectivity index (χ1) is 11.4. The van der Waals surface area contributed by atoms with Crippen molar-refractivity contribution in [2.45, 2.75) is 12.5 Å². The van der Waals surface area contributed by atoms with Gasteiger partial charge in [-0.2, -0.15) is 0 Å². The molecular weight excluding hydrogens is 330 g/mol. The molecule has 0 radical (unpaired) electrons. The molecule has 0 bridgehead atoms. The van der Waals surface area contributed by atoms with Crippen molar-refractivity contribution in [1.29, 1.82) is 0 Å². The topological polar surface area (TPSA) is 72.9 Å². The van der Waals surface area contributed by atoms with E-state index < -0.39 is 9.84 Å². The van der Waals surface area contributed by atoms with Crippen molar-refractivity contribution in [2.75, 3.05) is 38.9 Å². The fourth-order valence-corrected chi connectivity index (χ4v) is 4.39. The van der Waals surface area contributed by atoms with E-state index in [1.54, 1.807) is 25.2 Å². The van der Waals surface area contributed by atoms with Gasteiger partial charge in [0.15, 0.2) is 9.84 Å². The highest BCUT2D eigenvalue weighted by atomic mass is 32.2. The van der Waals surface area contributed by atoms with Crippen molar-refractivity contribution in [3.63, 3.8) is 0 Å². The summed E-state index contributed by atoms with van der Waals surface area (Å²) in [6.45, 7) is 0.751. The number of carbonyl (C=O) groups is 1. The Morgan fingerprint density at radius 2 is 2.00 bits per heavy atom. The molecule has 1 amide bonds. The summed E-state index contributed by atoms with van der Waals surface area (Å²) in [4.78, 5) is 14.1. The molecule has 24 heavy (non-hydrogen) atoms. The summed E-state index contributed by atoms with van der Waals surface area (Å²) >= 11 is 0. The van der Waals surface area contributed by atoms with Gasteiger partial charge in [-0.1, -0.05) is 12.1 Å². The first kappa shape index (κ1) is 18.5. The van der Waals surface area contributed by atoms with Crippen LogP contribution >= 0.6 is 0 Å².